The second-order valence-corrected chi connectivity index (χ2v) is 7.18. The molecule has 3 heterocycles. The number of rotatable bonds is 2. The van der Waals surface area contributed by atoms with Crippen molar-refractivity contribution >= 4 is 28.1 Å². The van der Waals surface area contributed by atoms with E-state index in [4.69, 9.17) is 0 Å². The summed E-state index contributed by atoms with van der Waals surface area (Å²) in [5.41, 5.74) is 2.69. The van der Waals surface area contributed by atoms with E-state index in [1.54, 1.807) is 0 Å². The first-order valence-electron chi connectivity index (χ1n) is 8.11. The van der Waals surface area contributed by atoms with Crippen LogP contribution in [0.2, 0.25) is 0 Å². The van der Waals surface area contributed by atoms with E-state index < -0.39 is 0 Å². The Morgan fingerprint density at radius 2 is 1.91 bits per heavy atom. The Hall–Kier alpha value is -2.07. The number of nitrogens with zero attached hydrogens (tertiary/aromatic N) is 2. The zero-order valence-electron chi connectivity index (χ0n) is 13.2. The highest BCUT2D eigenvalue weighted by molar-refractivity contribution is 7.12. The Balaban J connectivity index is 1.51. The summed E-state index contributed by atoms with van der Waals surface area (Å²) in [6.07, 6.45) is 2.09. The SMILES string of the molecule is Cn1c(C2CCN(C(=O)c3cccs3)CC2)cc2ccccc21. The van der Waals surface area contributed by atoms with E-state index in [2.05, 4.69) is 41.9 Å². The Morgan fingerprint density at radius 1 is 1.13 bits per heavy atom. The molecule has 23 heavy (non-hydrogen) atoms. The Morgan fingerprint density at radius 3 is 2.61 bits per heavy atom. The average molecular weight is 324 g/mol. The fraction of sp³-hybridized carbons (Fsp3) is 0.316. The monoisotopic (exact) mass is 324 g/mol. The van der Waals surface area contributed by atoms with Gasteiger partial charge in [-0.2, -0.15) is 0 Å². The van der Waals surface area contributed by atoms with Crippen LogP contribution in [-0.4, -0.2) is 28.5 Å². The van der Waals surface area contributed by atoms with Crippen LogP contribution in [0, 0.1) is 0 Å². The number of carbonyl (C=O) groups is 1. The molecule has 1 aliphatic heterocycles. The molecular formula is C19H20N2OS. The van der Waals surface area contributed by atoms with Gasteiger partial charge in [0.15, 0.2) is 0 Å². The van der Waals surface area contributed by atoms with Crippen LogP contribution in [0.4, 0.5) is 0 Å². The van der Waals surface area contributed by atoms with Crippen molar-refractivity contribution in [3.63, 3.8) is 0 Å². The van der Waals surface area contributed by atoms with Crippen molar-refractivity contribution in [2.75, 3.05) is 13.1 Å². The molecule has 1 aromatic carbocycles. The first kappa shape index (κ1) is 14.5. The zero-order chi connectivity index (χ0) is 15.8. The lowest BCUT2D eigenvalue weighted by Gasteiger charge is -2.32. The molecule has 3 nitrogen and oxygen atoms in total. The Bertz CT molecular complexity index is 826. The van der Waals surface area contributed by atoms with E-state index in [1.807, 2.05) is 22.4 Å². The van der Waals surface area contributed by atoms with Crippen molar-refractivity contribution in [2.24, 2.45) is 7.05 Å². The van der Waals surface area contributed by atoms with Crippen molar-refractivity contribution in [3.05, 3.63) is 58.4 Å². The molecule has 1 aliphatic rings. The fourth-order valence-electron chi connectivity index (χ4n) is 3.64. The maximum atomic E-state index is 12.4. The van der Waals surface area contributed by atoms with Crippen LogP contribution < -0.4 is 0 Å². The summed E-state index contributed by atoms with van der Waals surface area (Å²) >= 11 is 1.53. The van der Waals surface area contributed by atoms with Crippen LogP contribution >= 0.6 is 11.3 Å². The van der Waals surface area contributed by atoms with Gasteiger partial charge in [-0.1, -0.05) is 24.3 Å². The molecular weight excluding hydrogens is 304 g/mol. The van der Waals surface area contributed by atoms with Crippen LogP contribution in [0.25, 0.3) is 10.9 Å². The molecule has 0 saturated carbocycles. The first-order chi connectivity index (χ1) is 11.2. The van der Waals surface area contributed by atoms with Crippen molar-refractivity contribution in [2.45, 2.75) is 18.8 Å². The van der Waals surface area contributed by atoms with Crippen molar-refractivity contribution in [1.82, 2.24) is 9.47 Å². The molecule has 4 rings (SSSR count). The van der Waals surface area contributed by atoms with E-state index in [0.717, 1.165) is 30.8 Å². The standard InChI is InChI=1S/C19H20N2OS/c1-20-16-6-3-2-5-15(16)13-17(20)14-8-10-21(11-9-14)19(22)18-7-4-12-23-18/h2-7,12-14H,8-11H2,1H3. The highest BCUT2D eigenvalue weighted by Crippen LogP contribution is 2.32. The summed E-state index contributed by atoms with van der Waals surface area (Å²) in [6, 6.07) is 14.7. The van der Waals surface area contributed by atoms with E-state index in [0.29, 0.717) is 5.92 Å². The number of fused-ring (bicyclic) bond motifs is 1. The van der Waals surface area contributed by atoms with Crippen molar-refractivity contribution in [1.29, 1.82) is 0 Å². The number of carbonyl (C=O) groups excluding carboxylic acids is 1. The molecule has 0 radical (unpaired) electrons. The topological polar surface area (TPSA) is 25.2 Å². The molecule has 118 valence electrons. The Labute approximate surface area is 140 Å². The number of piperidine rings is 1. The quantitative estimate of drug-likeness (QED) is 0.691. The summed E-state index contributed by atoms with van der Waals surface area (Å²) in [5, 5.41) is 3.28. The van der Waals surface area contributed by atoms with Gasteiger partial charge in [-0.25, -0.2) is 0 Å². The lowest BCUT2D eigenvalue weighted by Crippen LogP contribution is -2.37. The predicted molar refractivity (Wildman–Crippen MR) is 95.1 cm³/mol. The van der Waals surface area contributed by atoms with Gasteiger partial charge in [0.2, 0.25) is 0 Å². The first-order valence-corrected chi connectivity index (χ1v) is 8.99. The number of para-hydroxylation sites is 1. The largest absolute Gasteiger partial charge is 0.347 e. The average Bonchev–Trinajstić information content (AvgIpc) is 3.23. The number of likely N-dealkylation sites (tertiary alicyclic amines) is 1. The van der Waals surface area contributed by atoms with Crippen LogP contribution in [0.15, 0.2) is 47.8 Å². The summed E-state index contributed by atoms with van der Waals surface area (Å²) in [5.74, 6) is 0.732. The molecule has 0 unspecified atom stereocenters. The maximum Gasteiger partial charge on any atom is 0.263 e. The predicted octanol–water partition coefficient (Wildman–Crippen LogP) is 4.26. The molecule has 2 aromatic heterocycles. The second kappa shape index (κ2) is 5.85. The van der Waals surface area contributed by atoms with E-state index in [1.165, 1.54) is 27.9 Å². The van der Waals surface area contributed by atoms with Gasteiger partial charge in [-0.3, -0.25) is 4.79 Å². The molecule has 1 saturated heterocycles. The number of aryl methyl sites for hydroxylation is 1. The van der Waals surface area contributed by atoms with Crippen LogP contribution in [-0.2, 0) is 7.05 Å². The summed E-state index contributed by atoms with van der Waals surface area (Å²) in [6.45, 7) is 1.70. The highest BCUT2D eigenvalue weighted by atomic mass is 32.1. The summed E-state index contributed by atoms with van der Waals surface area (Å²) in [4.78, 5) is 15.3. The molecule has 3 aromatic rings. The lowest BCUT2D eigenvalue weighted by atomic mass is 9.93. The fourth-order valence-corrected chi connectivity index (χ4v) is 4.33. The van der Waals surface area contributed by atoms with E-state index in [-0.39, 0.29) is 5.91 Å². The third-order valence-corrected chi connectivity index (χ3v) is 5.78. The summed E-state index contributed by atoms with van der Waals surface area (Å²) < 4.78 is 2.32. The third kappa shape index (κ3) is 2.57. The van der Waals surface area contributed by atoms with Gasteiger partial charge in [-0.05, 0) is 41.8 Å². The van der Waals surface area contributed by atoms with Gasteiger partial charge >= 0.3 is 0 Å². The normalized spacial score (nSPS) is 16.1. The Kier molecular flexibility index (Phi) is 3.69. The number of hydrogen-bond donors (Lipinski definition) is 0. The van der Waals surface area contributed by atoms with E-state index in [9.17, 15) is 4.79 Å². The van der Waals surface area contributed by atoms with Gasteiger partial charge in [0.1, 0.15) is 0 Å². The molecule has 4 heteroatoms. The minimum Gasteiger partial charge on any atom is -0.347 e. The van der Waals surface area contributed by atoms with Gasteiger partial charge in [0.05, 0.1) is 4.88 Å². The van der Waals surface area contributed by atoms with Crippen LogP contribution in [0.5, 0.6) is 0 Å². The molecule has 0 spiro atoms. The van der Waals surface area contributed by atoms with Crippen LogP contribution in [0.3, 0.4) is 0 Å². The van der Waals surface area contributed by atoms with Crippen molar-refractivity contribution in [3.8, 4) is 0 Å². The highest BCUT2D eigenvalue weighted by Gasteiger charge is 2.26. The number of amides is 1. The zero-order valence-corrected chi connectivity index (χ0v) is 14.1. The smallest absolute Gasteiger partial charge is 0.263 e. The van der Waals surface area contributed by atoms with E-state index >= 15 is 0 Å². The van der Waals surface area contributed by atoms with Gasteiger partial charge in [-0.15, -0.1) is 11.3 Å². The lowest BCUT2D eigenvalue weighted by molar-refractivity contribution is 0.0716. The molecule has 0 aliphatic carbocycles. The maximum absolute atomic E-state index is 12.4. The van der Waals surface area contributed by atoms with Gasteiger partial charge < -0.3 is 9.47 Å². The summed E-state index contributed by atoms with van der Waals surface area (Å²) in [7, 11) is 2.15. The third-order valence-electron chi connectivity index (χ3n) is 4.92. The minimum absolute atomic E-state index is 0.190. The number of thiophene rings is 1. The molecule has 0 bridgehead atoms. The second-order valence-electron chi connectivity index (χ2n) is 6.23. The van der Waals surface area contributed by atoms with Gasteiger partial charge in [0, 0.05) is 37.3 Å². The molecule has 0 N–H and O–H groups in total. The molecule has 0 atom stereocenters. The minimum atomic E-state index is 0.190. The van der Waals surface area contributed by atoms with Crippen LogP contribution in [0.1, 0.15) is 34.1 Å². The van der Waals surface area contributed by atoms with Crippen molar-refractivity contribution < 1.29 is 4.79 Å². The number of hydrogen-bond acceptors (Lipinski definition) is 2. The molecule has 1 fully saturated rings. The van der Waals surface area contributed by atoms with Gasteiger partial charge in [0.25, 0.3) is 5.91 Å². The molecule has 1 amide bonds. The number of benzene rings is 1. The number of aromatic nitrogens is 1.